The van der Waals surface area contributed by atoms with E-state index in [4.69, 9.17) is 15.5 Å². The van der Waals surface area contributed by atoms with E-state index in [0.29, 0.717) is 0 Å². The highest BCUT2D eigenvalue weighted by Gasteiger charge is 1.55. The SMILES string of the molecule is N=C(N)S.OBO. The van der Waals surface area contributed by atoms with Crippen LogP contribution in [-0.4, -0.2) is 22.9 Å². The lowest BCUT2D eigenvalue weighted by Crippen LogP contribution is -1.96. The molecule has 42 valence electrons. The van der Waals surface area contributed by atoms with E-state index < -0.39 is 7.69 Å². The Morgan fingerprint density at radius 2 is 1.71 bits per heavy atom. The molecule has 0 fully saturated rings. The van der Waals surface area contributed by atoms with Crippen LogP contribution in [0.25, 0.3) is 0 Å². The minimum atomic E-state index is -0.750. The first-order chi connectivity index (χ1) is 3.15. The lowest BCUT2D eigenvalue weighted by Gasteiger charge is -1.65. The van der Waals surface area contributed by atoms with Crippen molar-refractivity contribution in [2.75, 3.05) is 0 Å². The number of nitrogens with two attached hydrogens (primary N) is 1. The smallest absolute Gasteiger partial charge is 0.430 e. The summed E-state index contributed by atoms with van der Waals surface area (Å²) in [4.78, 5) is 0. The van der Waals surface area contributed by atoms with Crippen LogP contribution in [0, 0.1) is 5.41 Å². The average molecular weight is 122 g/mol. The van der Waals surface area contributed by atoms with Crippen molar-refractivity contribution in [3.63, 3.8) is 0 Å². The van der Waals surface area contributed by atoms with Gasteiger partial charge in [0.1, 0.15) is 5.17 Å². The number of thiol groups is 1. The van der Waals surface area contributed by atoms with Crippen LogP contribution in [0.3, 0.4) is 0 Å². The summed E-state index contributed by atoms with van der Waals surface area (Å²) >= 11 is 3.33. The van der Waals surface area contributed by atoms with E-state index in [1.165, 1.54) is 0 Å². The second kappa shape index (κ2) is 9.26. The molecular weight excluding hydrogens is 115 g/mol. The van der Waals surface area contributed by atoms with Gasteiger partial charge in [-0.2, -0.15) is 0 Å². The molecule has 0 aliphatic heterocycles. The summed E-state index contributed by atoms with van der Waals surface area (Å²) in [5, 5.41) is 20.3. The van der Waals surface area contributed by atoms with Crippen LogP contribution in [0.2, 0.25) is 0 Å². The van der Waals surface area contributed by atoms with Gasteiger partial charge in [0.15, 0.2) is 0 Å². The molecule has 0 amide bonds. The lowest BCUT2D eigenvalue weighted by molar-refractivity contribution is 0.448. The van der Waals surface area contributed by atoms with E-state index in [0.717, 1.165) is 0 Å². The zero-order valence-electron chi connectivity index (χ0n) is 3.63. The average Bonchev–Trinajstić information content (AvgIpc) is 1.33. The van der Waals surface area contributed by atoms with Gasteiger partial charge in [0.25, 0.3) is 0 Å². The monoisotopic (exact) mass is 122 g/mol. The van der Waals surface area contributed by atoms with Crippen LogP contribution in [0.4, 0.5) is 0 Å². The minimum absolute atomic E-state index is 0.139. The Morgan fingerprint density at radius 1 is 1.71 bits per heavy atom. The summed E-state index contributed by atoms with van der Waals surface area (Å²) in [7, 11) is -0.750. The van der Waals surface area contributed by atoms with Crippen LogP contribution in [0.15, 0.2) is 0 Å². The fourth-order valence-corrected chi connectivity index (χ4v) is 0. The van der Waals surface area contributed by atoms with Gasteiger partial charge in [-0.1, -0.05) is 0 Å². The topological polar surface area (TPSA) is 90.3 Å². The zero-order chi connectivity index (χ0) is 6.28. The summed E-state index contributed by atoms with van der Waals surface area (Å²) < 4.78 is 0. The second-order valence-electron chi connectivity index (χ2n) is 0.527. The van der Waals surface area contributed by atoms with Gasteiger partial charge in [-0.15, -0.1) is 12.6 Å². The highest BCUT2D eigenvalue weighted by Crippen LogP contribution is 1.56. The summed E-state index contributed by atoms with van der Waals surface area (Å²) in [5.41, 5.74) is 4.56. The van der Waals surface area contributed by atoms with Crippen LogP contribution in [0.5, 0.6) is 0 Å². The maximum atomic E-state index is 7.12. The number of hydrogen-bond donors (Lipinski definition) is 5. The van der Waals surface area contributed by atoms with Gasteiger partial charge in [-0.25, -0.2) is 0 Å². The molecule has 0 aromatic heterocycles. The third kappa shape index (κ3) is 2210. The van der Waals surface area contributed by atoms with Gasteiger partial charge < -0.3 is 15.8 Å². The van der Waals surface area contributed by atoms with Crippen molar-refractivity contribution in [2.24, 2.45) is 5.73 Å². The van der Waals surface area contributed by atoms with E-state index in [-0.39, 0.29) is 5.17 Å². The molecule has 0 rings (SSSR count). The van der Waals surface area contributed by atoms with Crippen molar-refractivity contribution in [1.82, 2.24) is 0 Å². The van der Waals surface area contributed by atoms with Gasteiger partial charge in [0.05, 0.1) is 0 Å². The first-order valence-electron chi connectivity index (χ1n) is 1.39. The van der Waals surface area contributed by atoms with Gasteiger partial charge >= 0.3 is 7.69 Å². The molecule has 0 aromatic carbocycles. The maximum absolute atomic E-state index is 7.12. The summed E-state index contributed by atoms with van der Waals surface area (Å²) in [5.74, 6) is 0. The van der Waals surface area contributed by atoms with Gasteiger partial charge in [0.2, 0.25) is 0 Å². The normalized spacial score (nSPS) is 5.57. The first kappa shape index (κ1) is 9.93. The first-order valence-corrected chi connectivity index (χ1v) is 1.84. The quantitative estimate of drug-likeness (QED) is 0.112. The van der Waals surface area contributed by atoms with Crippen molar-refractivity contribution >= 4 is 25.5 Å². The number of rotatable bonds is 0. The standard InChI is InChI=1S/CH4N2S.BH3O2/c2-1(3)4;2-1-3/h(H4,2,3,4);1-3H. The Hall–Kier alpha value is -0.195. The molecule has 0 aliphatic rings. The number of hydrogen-bond acceptors (Lipinski definition) is 3. The molecule has 0 spiro atoms. The summed E-state index contributed by atoms with van der Waals surface area (Å²) in [6.45, 7) is 0. The third-order valence-corrected chi connectivity index (χ3v) is 0. The van der Waals surface area contributed by atoms with Crippen molar-refractivity contribution < 1.29 is 10.0 Å². The lowest BCUT2D eigenvalue weighted by atomic mass is 10.5. The molecule has 0 heterocycles. The molecule has 5 N–H and O–H groups in total. The Balaban J connectivity index is 0. The minimum Gasteiger partial charge on any atom is -0.430 e. The molecule has 6 heteroatoms. The maximum Gasteiger partial charge on any atom is 0.432 e. The largest absolute Gasteiger partial charge is 0.432 e. The molecule has 0 aliphatic carbocycles. The molecule has 0 radical (unpaired) electrons. The number of amidine groups is 1. The molecule has 0 saturated carbocycles. The molecule has 4 nitrogen and oxygen atoms in total. The van der Waals surface area contributed by atoms with E-state index in [1.54, 1.807) is 0 Å². The molecule has 0 aromatic rings. The van der Waals surface area contributed by atoms with Gasteiger partial charge in [-0.05, 0) is 0 Å². The highest BCUT2D eigenvalue weighted by atomic mass is 32.1. The van der Waals surface area contributed by atoms with Gasteiger partial charge in [-0.3, -0.25) is 5.41 Å². The van der Waals surface area contributed by atoms with Crippen LogP contribution in [-0.2, 0) is 0 Å². The molecular formula is CH7BN2O2S. The third-order valence-electron chi connectivity index (χ3n) is 0. The van der Waals surface area contributed by atoms with E-state index in [2.05, 4.69) is 18.4 Å². The molecule has 0 unspecified atom stereocenters. The Labute approximate surface area is 47.6 Å². The van der Waals surface area contributed by atoms with Crippen molar-refractivity contribution in [3.8, 4) is 0 Å². The zero-order valence-corrected chi connectivity index (χ0v) is 4.52. The molecule has 0 atom stereocenters. The fraction of sp³-hybridized carbons (Fsp3) is 0. The van der Waals surface area contributed by atoms with Gasteiger partial charge in [0, 0.05) is 0 Å². The van der Waals surface area contributed by atoms with Crippen LogP contribution >= 0.6 is 12.6 Å². The van der Waals surface area contributed by atoms with E-state index >= 15 is 0 Å². The van der Waals surface area contributed by atoms with Crippen LogP contribution in [0.1, 0.15) is 0 Å². The summed E-state index contributed by atoms with van der Waals surface area (Å²) in [6, 6.07) is 0. The van der Waals surface area contributed by atoms with Crippen molar-refractivity contribution in [2.45, 2.75) is 0 Å². The fourth-order valence-electron chi connectivity index (χ4n) is 0. The predicted octanol–water partition coefficient (Wildman–Crippen LogP) is -1.95. The van der Waals surface area contributed by atoms with E-state index in [9.17, 15) is 0 Å². The summed E-state index contributed by atoms with van der Waals surface area (Å²) in [6.07, 6.45) is 0. The predicted molar refractivity (Wildman–Crippen MR) is 32.5 cm³/mol. The molecule has 7 heavy (non-hydrogen) atoms. The van der Waals surface area contributed by atoms with Crippen molar-refractivity contribution in [1.29, 1.82) is 5.41 Å². The molecule has 0 saturated heterocycles. The van der Waals surface area contributed by atoms with E-state index in [1.807, 2.05) is 0 Å². The Bertz CT molecular complexity index is 47.0. The number of nitrogens with one attached hydrogen (secondary N) is 1. The molecule has 0 bridgehead atoms. The van der Waals surface area contributed by atoms with Crippen molar-refractivity contribution in [3.05, 3.63) is 0 Å². The van der Waals surface area contributed by atoms with Crippen LogP contribution < -0.4 is 5.73 Å². The highest BCUT2D eigenvalue weighted by molar-refractivity contribution is 7.96. The Morgan fingerprint density at radius 3 is 1.71 bits per heavy atom. The Kier molecular flexibility index (Phi) is 13.1. The second-order valence-corrected chi connectivity index (χ2v) is 1.01.